The highest BCUT2D eigenvalue weighted by molar-refractivity contribution is 6.05. The minimum atomic E-state index is -0.819. The number of anilines is 1. The standard InChI is InChI=1S/C35H47FN8O2/c1-41(2)32(45)29(37)17-26-21-43(15-8-14-38-26)31-27-22-42(3)35(13-6-10-24-9-4-5-11-28(24)35)19-30(27)39-33(40-31)46-23-34-12-7-16-44(34)20-25(36)18-34/h4-5,9,11,17,25H,6-8,10,12-16,18-23,37H2,1-3H3/b29-17-/t25-,34+,35+/m1/s1. The molecular weight excluding hydrogens is 583 g/mol. The van der Waals surface area contributed by atoms with Crippen molar-refractivity contribution in [2.45, 2.75) is 75.2 Å². The van der Waals surface area contributed by atoms with Crippen LogP contribution in [-0.2, 0) is 29.7 Å². The molecule has 1 aliphatic carbocycles. The van der Waals surface area contributed by atoms with Gasteiger partial charge in [-0.05, 0) is 69.3 Å². The molecule has 10 nitrogen and oxygen atoms in total. The van der Waals surface area contributed by atoms with Crippen LogP contribution in [0.3, 0.4) is 0 Å². The van der Waals surface area contributed by atoms with Crippen LogP contribution in [0.25, 0.3) is 0 Å². The number of hydrogen-bond acceptors (Lipinski definition) is 9. The van der Waals surface area contributed by atoms with Gasteiger partial charge in [0, 0.05) is 58.7 Å². The molecule has 0 bridgehead atoms. The molecule has 1 spiro atoms. The van der Waals surface area contributed by atoms with Crippen molar-refractivity contribution in [3.05, 3.63) is 58.4 Å². The van der Waals surface area contributed by atoms with E-state index in [0.29, 0.717) is 45.2 Å². The van der Waals surface area contributed by atoms with Crippen LogP contribution in [0.15, 0.2) is 41.0 Å². The lowest BCUT2D eigenvalue weighted by molar-refractivity contribution is -0.124. The van der Waals surface area contributed by atoms with E-state index in [4.69, 9.17) is 25.4 Å². The third kappa shape index (κ3) is 5.55. The third-order valence-electron chi connectivity index (χ3n) is 11.0. The summed E-state index contributed by atoms with van der Waals surface area (Å²) >= 11 is 0. The molecule has 5 heterocycles. The zero-order chi connectivity index (χ0) is 32.1. The first-order valence-electron chi connectivity index (χ1n) is 16.9. The van der Waals surface area contributed by atoms with Crippen molar-refractivity contribution in [1.82, 2.24) is 24.7 Å². The Bertz CT molecular complexity index is 1560. The molecule has 0 radical (unpaired) electrons. The van der Waals surface area contributed by atoms with E-state index < -0.39 is 6.17 Å². The van der Waals surface area contributed by atoms with Crippen LogP contribution in [0.1, 0.15) is 60.9 Å². The van der Waals surface area contributed by atoms with Gasteiger partial charge in [-0.2, -0.15) is 9.97 Å². The lowest BCUT2D eigenvalue weighted by Crippen LogP contribution is -2.51. The Morgan fingerprint density at radius 3 is 2.85 bits per heavy atom. The summed E-state index contributed by atoms with van der Waals surface area (Å²) < 4.78 is 21.1. The third-order valence-corrected chi connectivity index (χ3v) is 11.0. The Morgan fingerprint density at radius 1 is 1.15 bits per heavy atom. The van der Waals surface area contributed by atoms with Crippen molar-refractivity contribution in [3.8, 4) is 6.01 Å². The number of hydrogen-bond donors (Lipinski definition) is 1. The van der Waals surface area contributed by atoms with E-state index in [1.54, 1.807) is 20.2 Å². The van der Waals surface area contributed by atoms with Gasteiger partial charge >= 0.3 is 6.01 Å². The van der Waals surface area contributed by atoms with Gasteiger partial charge in [0.05, 0.1) is 34.7 Å². The van der Waals surface area contributed by atoms with Gasteiger partial charge in [0.1, 0.15) is 18.6 Å². The second-order valence-corrected chi connectivity index (χ2v) is 14.1. The van der Waals surface area contributed by atoms with Crippen LogP contribution in [0.2, 0.25) is 0 Å². The second-order valence-electron chi connectivity index (χ2n) is 14.1. The molecule has 7 rings (SSSR count). The number of aliphatic imine (C=N–C) groups is 1. The molecule has 1 aromatic heterocycles. The van der Waals surface area contributed by atoms with E-state index in [0.717, 1.165) is 80.8 Å². The SMILES string of the molecule is CN(C)C(=O)/C(N)=C/C1=NCCCN(c2nc(OC[C@@]34CCCN3C[C@H](F)C4)nc3c2CN(C)[C@@]2(CCCc4ccccc42)C3)C1. The highest BCUT2D eigenvalue weighted by Crippen LogP contribution is 2.47. The Kier molecular flexibility index (Phi) is 8.25. The largest absolute Gasteiger partial charge is 0.461 e. The molecule has 2 aromatic rings. The van der Waals surface area contributed by atoms with Crippen molar-refractivity contribution in [3.63, 3.8) is 0 Å². The number of alkyl halides is 1. The molecule has 4 aliphatic heterocycles. The van der Waals surface area contributed by atoms with E-state index in [9.17, 15) is 9.18 Å². The topological polar surface area (TPSA) is 103 Å². The van der Waals surface area contributed by atoms with Crippen molar-refractivity contribution in [1.29, 1.82) is 0 Å². The zero-order valence-electron chi connectivity index (χ0n) is 27.5. The van der Waals surface area contributed by atoms with Gasteiger partial charge in [-0.3, -0.25) is 19.6 Å². The van der Waals surface area contributed by atoms with Crippen LogP contribution in [0.5, 0.6) is 6.01 Å². The van der Waals surface area contributed by atoms with Gasteiger partial charge in [0.2, 0.25) is 0 Å². The van der Waals surface area contributed by atoms with Crippen LogP contribution >= 0.6 is 0 Å². The minimum absolute atomic E-state index is 0.145. The van der Waals surface area contributed by atoms with Gasteiger partial charge in [0.15, 0.2) is 0 Å². The molecule has 2 saturated heterocycles. The van der Waals surface area contributed by atoms with Crippen molar-refractivity contribution >= 4 is 17.4 Å². The summed E-state index contributed by atoms with van der Waals surface area (Å²) in [7, 11) is 5.61. The molecule has 1 aromatic carbocycles. The summed E-state index contributed by atoms with van der Waals surface area (Å²) in [6, 6.07) is 9.22. The highest BCUT2D eigenvalue weighted by atomic mass is 19.1. The number of aryl methyl sites for hydroxylation is 1. The average Bonchev–Trinajstić information content (AvgIpc) is 3.46. The number of likely N-dealkylation sites (N-methyl/N-ethyl adjacent to an activating group) is 2. The fraction of sp³-hybridized carbons (Fsp3) is 0.600. The van der Waals surface area contributed by atoms with Crippen molar-refractivity contribution in [2.24, 2.45) is 10.7 Å². The van der Waals surface area contributed by atoms with Crippen molar-refractivity contribution < 1.29 is 13.9 Å². The predicted octanol–water partition coefficient (Wildman–Crippen LogP) is 3.23. The number of benzene rings is 1. The fourth-order valence-corrected chi connectivity index (χ4v) is 8.64. The summed E-state index contributed by atoms with van der Waals surface area (Å²) in [6.07, 6.45) is 8.28. The number of carbonyl (C=O) groups is 1. The molecule has 246 valence electrons. The number of ether oxygens (including phenoxy) is 1. The maximum absolute atomic E-state index is 14.6. The summed E-state index contributed by atoms with van der Waals surface area (Å²) in [5.74, 6) is 0.609. The van der Waals surface area contributed by atoms with E-state index in [2.05, 4.69) is 46.0 Å². The molecule has 0 saturated carbocycles. The van der Waals surface area contributed by atoms with E-state index >= 15 is 0 Å². The normalized spacial score (nSPS) is 28.3. The maximum Gasteiger partial charge on any atom is 0.318 e. The molecule has 2 fully saturated rings. The van der Waals surface area contributed by atoms with E-state index in [1.165, 1.54) is 16.0 Å². The first kappa shape index (κ1) is 31.1. The molecule has 0 unspecified atom stereocenters. The Morgan fingerprint density at radius 2 is 2.00 bits per heavy atom. The van der Waals surface area contributed by atoms with Crippen LogP contribution in [0, 0.1) is 0 Å². The van der Waals surface area contributed by atoms with Gasteiger partial charge < -0.3 is 20.3 Å². The number of amides is 1. The summed E-state index contributed by atoms with van der Waals surface area (Å²) in [4.78, 5) is 36.0. The molecule has 5 aliphatic rings. The quantitative estimate of drug-likeness (QED) is 0.486. The van der Waals surface area contributed by atoms with Gasteiger partial charge in [-0.1, -0.05) is 24.3 Å². The van der Waals surface area contributed by atoms with Crippen LogP contribution < -0.4 is 15.4 Å². The Labute approximate surface area is 271 Å². The Balaban J connectivity index is 1.26. The first-order valence-corrected chi connectivity index (χ1v) is 16.9. The van der Waals surface area contributed by atoms with Gasteiger partial charge in [0.25, 0.3) is 5.91 Å². The summed E-state index contributed by atoms with van der Waals surface area (Å²) in [6.45, 7) is 4.37. The number of carbonyl (C=O) groups excluding carboxylic acids is 1. The first-order chi connectivity index (χ1) is 22.2. The van der Waals surface area contributed by atoms with Crippen LogP contribution in [-0.4, -0.2) is 108 Å². The number of rotatable bonds is 6. The molecule has 2 N–H and O–H groups in total. The monoisotopic (exact) mass is 630 g/mol. The van der Waals surface area contributed by atoms with Gasteiger partial charge in [-0.15, -0.1) is 0 Å². The molecule has 1 amide bonds. The van der Waals surface area contributed by atoms with E-state index in [1.807, 2.05) is 0 Å². The minimum Gasteiger partial charge on any atom is -0.461 e. The number of halogens is 1. The average molecular weight is 631 g/mol. The molecular formula is C35H47FN8O2. The number of aromatic nitrogens is 2. The number of nitrogens with two attached hydrogens (primary N) is 1. The Hall–Kier alpha value is -3.57. The molecule has 11 heteroatoms. The fourth-order valence-electron chi connectivity index (χ4n) is 8.64. The van der Waals surface area contributed by atoms with Crippen LogP contribution in [0.4, 0.5) is 10.2 Å². The molecule has 3 atom stereocenters. The van der Waals surface area contributed by atoms with E-state index in [-0.39, 0.29) is 22.7 Å². The zero-order valence-corrected chi connectivity index (χ0v) is 27.5. The molecule has 46 heavy (non-hydrogen) atoms. The maximum atomic E-state index is 14.6. The lowest BCUT2D eigenvalue weighted by atomic mass is 9.71. The smallest absolute Gasteiger partial charge is 0.318 e. The number of fused-ring (bicyclic) bond motifs is 4. The second kappa shape index (κ2) is 12.2. The van der Waals surface area contributed by atoms with Crippen molar-refractivity contribution in [2.75, 3.05) is 65.4 Å². The highest BCUT2D eigenvalue weighted by Gasteiger charge is 2.50. The predicted molar refractivity (Wildman–Crippen MR) is 177 cm³/mol. The number of nitrogens with zero attached hydrogens (tertiary/aromatic N) is 7. The lowest BCUT2D eigenvalue weighted by Gasteiger charge is -2.49. The summed E-state index contributed by atoms with van der Waals surface area (Å²) in [5, 5.41) is 0. The van der Waals surface area contributed by atoms with Gasteiger partial charge in [-0.25, -0.2) is 4.39 Å². The summed E-state index contributed by atoms with van der Waals surface area (Å²) in [5.41, 5.74) is 11.6.